The van der Waals surface area contributed by atoms with Gasteiger partial charge in [-0.05, 0) is 48.0 Å². The second-order valence-electron chi connectivity index (χ2n) is 7.35. The molecule has 5 rings (SSSR count). The Bertz CT molecular complexity index is 1480. The average molecular weight is 471 g/mol. The Morgan fingerprint density at radius 3 is 2.41 bits per heavy atom. The Morgan fingerprint density at radius 1 is 0.941 bits per heavy atom. The van der Waals surface area contributed by atoms with Gasteiger partial charge in [0.1, 0.15) is 17.2 Å². The van der Waals surface area contributed by atoms with E-state index in [1.165, 1.54) is 4.68 Å². The van der Waals surface area contributed by atoms with Crippen LogP contribution in [-0.2, 0) is 0 Å². The molecule has 5 aromatic rings. The van der Waals surface area contributed by atoms with E-state index in [-0.39, 0.29) is 5.75 Å². The topological polar surface area (TPSA) is 71.2 Å². The van der Waals surface area contributed by atoms with Crippen molar-refractivity contribution in [3.05, 3.63) is 113 Å². The number of hydrogen-bond donors (Lipinski definition) is 0. The van der Waals surface area contributed by atoms with E-state index in [2.05, 4.69) is 10.1 Å². The summed E-state index contributed by atoms with van der Waals surface area (Å²) in [6, 6.07) is 22.1. The normalized spacial score (nSPS) is 10.8. The lowest BCUT2D eigenvalue weighted by Crippen LogP contribution is -2.23. The lowest BCUT2D eigenvalue weighted by molar-refractivity contribution is 0.416. The highest BCUT2D eigenvalue weighted by Gasteiger charge is 2.17. The second-order valence-corrected chi connectivity index (χ2v) is 7.79. The molecular weight excluding hydrogens is 452 g/mol. The molecule has 7 nitrogen and oxygen atoms in total. The fraction of sp³-hybridized carbons (Fsp3) is 0.0385. The van der Waals surface area contributed by atoms with Gasteiger partial charge in [-0.25, -0.2) is 4.98 Å². The van der Waals surface area contributed by atoms with Crippen molar-refractivity contribution in [3.63, 3.8) is 0 Å². The number of imidazole rings is 1. The second kappa shape index (κ2) is 9.25. The summed E-state index contributed by atoms with van der Waals surface area (Å²) in [5.74, 6) is 1.40. The van der Waals surface area contributed by atoms with E-state index < -0.39 is 5.56 Å². The summed E-state index contributed by atoms with van der Waals surface area (Å²) >= 11 is 6.00. The first-order valence-electron chi connectivity index (χ1n) is 10.4. The summed E-state index contributed by atoms with van der Waals surface area (Å²) < 4.78 is 14.5. The van der Waals surface area contributed by atoms with Gasteiger partial charge in [0.2, 0.25) is 5.75 Å². The maximum Gasteiger partial charge on any atom is 0.316 e. The smallest absolute Gasteiger partial charge is 0.316 e. The molecule has 0 aliphatic carbocycles. The molecule has 0 saturated carbocycles. The van der Waals surface area contributed by atoms with Crippen LogP contribution in [0.5, 0.6) is 17.2 Å². The molecule has 0 radical (unpaired) electrons. The van der Waals surface area contributed by atoms with Gasteiger partial charge in [0.05, 0.1) is 25.3 Å². The number of hydrogen-bond acceptors (Lipinski definition) is 5. The highest BCUT2D eigenvalue weighted by atomic mass is 35.5. The zero-order valence-electron chi connectivity index (χ0n) is 18.1. The standard InChI is InChI=1S/C26H19ClN4O3/c1-33-24-5-3-2-4-22(24)18-6-12-21(13-7-18)34-25-23(30-15-14-28-17-30)16-29-31(26(25)32)20-10-8-19(27)9-11-20/h2-17H,1H3. The van der Waals surface area contributed by atoms with Gasteiger partial charge in [-0.1, -0.05) is 41.9 Å². The van der Waals surface area contributed by atoms with Gasteiger partial charge >= 0.3 is 5.56 Å². The molecule has 2 aromatic heterocycles. The van der Waals surface area contributed by atoms with Crippen molar-refractivity contribution in [2.45, 2.75) is 0 Å². The Balaban J connectivity index is 1.55. The Labute approximate surface area is 200 Å². The van der Waals surface area contributed by atoms with Crippen LogP contribution < -0.4 is 15.0 Å². The predicted molar refractivity (Wildman–Crippen MR) is 130 cm³/mol. The first kappa shape index (κ1) is 21.5. The summed E-state index contributed by atoms with van der Waals surface area (Å²) in [6.45, 7) is 0. The van der Waals surface area contributed by atoms with Crippen molar-refractivity contribution in [1.82, 2.24) is 19.3 Å². The number of para-hydroxylation sites is 1. The average Bonchev–Trinajstić information content (AvgIpc) is 3.41. The molecule has 0 spiro atoms. The third kappa shape index (κ3) is 4.16. The summed E-state index contributed by atoms with van der Waals surface area (Å²) in [6.07, 6.45) is 6.49. The van der Waals surface area contributed by atoms with Crippen LogP contribution in [0.15, 0.2) is 103 Å². The van der Waals surface area contributed by atoms with Crippen molar-refractivity contribution in [3.8, 4) is 39.8 Å². The molecule has 3 aromatic carbocycles. The molecule has 0 N–H and O–H groups in total. The zero-order valence-corrected chi connectivity index (χ0v) is 18.9. The highest BCUT2D eigenvalue weighted by Crippen LogP contribution is 2.32. The van der Waals surface area contributed by atoms with Crippen LogP contribution in [0.4, 0.5) is 0 Å². The number of aromatic nitrogens is 4. The summed E-state index contributed by atoms with van der Waals surface area (Å²) in [7, 11) is 1.64. The van der Waals surface area contributed by atoms with Crippen molar-refractivity contribution in [1.29, 1.82) is 0 Å². The first-order chi connectivity index (χ1) is 16.6. The first-order valence-corrected chi connectivity index (χ1v) is 10.8. The van der Waals surface area contributed by atoms with Gasteiger partial charge in [-0.3, -0.25) is 4.79 Å². The molecule has 0 bridgehead atoms. The molecule has 168 valence electrons. The summed E-state index contributed by atoms with van der Waals surface area (Å²) in [5, 5.41) is 4.90. The van der Waals surface area contributed by atoms with E-state index in [4.69, 9.17) is 21.1 Å². The van der Waals surface area contributed by atoms with Crippen LogP contribution in [-0.4, -0.2) is 26.4 Å². The third-order valence-electron chi connectivity index (χ3n) is 5.26. The van der Waals surface area contributed by atoms with Crippen LogP contribution in [0.1, 0.15) is 0 Å². The minimum atomic E-state index is -0.415. The zero-order chi connectivity index (χ0) is 23.5. The molecule has 8 heteroatoms. The maximum atomic E-state index is 13.4. The van der Waals surface area contributed by atoms with E-state index in [9.17, 15) is 4.79 Å². The number of methoxy groups -OCH3 is 1. The highest BCUT2D eigenvalue weighted by molar-refractivity contribution is 6.30. The molecule has 0 aliphatic rings. The molecule has 0 saturated heterocycles. The van der Waals surface area contributed by atoms with E-state index >= 15 is 0 Å². The Kier molecular flexibility index (Phi) is 5.84. The lowest BCUT2D eigenvalue weighted by atomic mass is 10.0. The molecule has 0 aliphatic heterocycles. The SMILES string of the molecule is COc1ccccc1-c1ccc(Oc2c(-n3ccnc3)cnn(-c3ccc(Cl)cc3)c2=O)cc1. The minimum absolute atomic E-state index is 0.119. The van der Waals surface area contributed by atoms with Gasteiger partial charge < -0.3 is 14.0 Å². The van der Waals surface area contributed by atoms with E-state index in [0.717, 1.165) is 16.9 Å². The monoisotopic (exact) mass is 470 g/mol. The van der Waals surface area contributed by atoms with Gasteiger partial charge in [0.15, 0.2) is 0 Å². The number of ether oxygens (including phenoxy) is 2. The van der Waals surface area contributed by atoms with Gasteiger partial charge in [0.25, 0.3) is 0 Å². The Hall–Kier alpha value is -4.36. The fourth-order valence-electron chi connectivity index (χ4n) is 3.58. The molecule has 2 heterocycles. The molecule has 34 heavy (non-hydrogen) atoms. The quantitative estimate of drug-likeness (QED) is 0.326. The molecule has 0 unspecified atom stereocenters. The number of benzene rings is 3. The number of rotatable bonds is 6. The van der Waals surface area contributed by atoms with Gasteiger partial charge in [-0.15, -0.1) is 0 Å². The van der Waals surface area contributed by atoms with Crippen LogP contribution in [0.2, 0.25) is 5.02 Å². The molecule has 0 atom stereocenters. The summed E-state index contributed by atoms with van der Waals surface area (Å²) in [5.41, 5.74) is 2.56. The van der Waals surface area contributed by atoms with Gasteiger partial charge in [0, 0.05) is 23.0 Å². The maximum absolute atomic E-state index is 13.4. The number of nitrogens with zero attached hydrogens (tertiary/aromatic N) is 4. The van der Waals surface area contributed by atoms with Crippen LogP contribution in [0.3, 0.4) is 0 Å². The van der Waals surface area contributed by atoms with Crippen molar-refractivity contribution in [2.24, 2.45) is 0 Å². The van der Waals surface area contributed by atoms with E-state index in [0.29, 0.717) is 22.1 Å². The largest absolute Gasteiger partial charge is 0.496 e. The molecular formula is C26H19ClN4O3. The minimum Gasteiger partial charge on any atom is -0.496 e. The molecule has 0 fully saturated rings. The fourth-order valence-corrected chi connectivity index (χ4v) is 3.71. The van der Waals surface area contributed by atoms with Crippen molar-refractivity contribution >= 4 is 11.6 Å². The van der Waals surface area contributed by atoms with Crippen LogP contribution in [0, 0.1) is 0 Å². The van der Waals surface area contributed by atoms with Crippen LogP contribution in [0.25, 0.3) is 22.5 Å². The van der Waals surface area contributed by atoms with E-state index in [1.54, 1.807) is 60.9 Å². The van der Waals surface area contributed by atoms with E-state index in [1.807, 2.05) is 48.5 Å². The van der Waals surface area contributed by atoms with Gasteiger partial charge in [-0.2, -0.15) is 9.78 Å². The summed E-state index contributed by atoms with van der Waals surface area (Å²) in [4.78, 5) is 17.5. The lowest BCUT2D eigenvalue weighted by Gasteiger charge is -2.14. The molecule has 0 amide bonds. The van der Waals surface area contributed by atoms with Crippen molar-refractivity contribution in [2.75, 3.05) is 7.11 Å². The number of halogens is 1. The Morgan fingerprint density at radius 2 is 1.71 bits per heavy atom. The van der Waals surface area contributed by atoms with Crippen LogP contribution >= 0.6 is 11.6 Å². The third-order valence-corrected chi connectivity index (χ3v) is 5.51. The van der Waals surface area contributed by atoms with Crippen molar-refractivity contribution < 1.29 is 9.47 Å². The predicted octanol–water partition coefficient (Wildman–Crippen LogP) is 5.54.